The topological polar surface area (TPSA) is 52.9 Å². The number of nitrogens with zero attached hydrogens (tertiary/aromatic N) is 1. The highest BCUT2D eigenvalue weighted by Crippen LogP contribution is 2.19. The van der Waals surface area contributed by atoms with Gasteiger partial charge in [0.25, 0.3) is 0 Å². The molecular weight excluding hydrogens is 364 g/mol. The highest BCUT2D eigenvalue weighted by atomic mass is 79.9. The normalized spacial score (nSPS) is 11.5. The molecule has 0 heterocycles. The highest BCUT2D eigenvalue weighted by molar-refractivity contribution is 9.10. The summed E-state index contributed by atoms with van der Waals surface area (Å²) < 4.78 is 0.871. The minimum absolute atomic E-state index is 0.175. The van der Waals surface area contributed by atoms with E-state index in [1.165, 1.54) is 0 Å². The molecule has 22 heavy (non-hydrogen) atoms. The van der Waals surface area contributed by atoms with Crippen molar-refractivity contribution in [3.63, 3.8) is 0 Å². The van der Waals surface area contributed by atoms with Crippen LogP contribution in [0.25, 0.3) is 0 Å². The number of halogens is 2. The summed E-state index contributed by atoms with van der Waals surface area (Å²) in [5.74, 6) is -0.175. The number of nitrogens with one attached hydrogen (secondary N) is 1. The SMILES string of the molecule is N#CC(NC(=O)CCc1ccccc1Cl)c1cccc(Br)c1. The Balaban J connectivity index is 1.96. The molecule has 0 aliphatic rings. The summed E-state index contributed by atoms with van der Waals surface area (Å²) in [6.07, 6.45) is 0.831. The molecule has 0 saturated carbocycles. The van der Waals surface area contributed by atoms with Gasteiger partial charge in [-0.25, -0.2) is 0 Å². The predicted octanol–water partition coefficient (Wildman–Crippen LogP) is 4.42. The van der Waals surface area contributed by atoms with Crippen molar-refractivity contribution in [3.05, 3.63) is 69.2 Å². The standard InChI is InChI=1S/C17H14BrClN2O/c18-14-6-3-5-13(10-14)16(11-20)21-17(22)9-8-12-4-1-2-7-15(12)19/h1-7,10,16H,8-9H2,(H,21,22). The van der Waals surface area contributed by atoms with Crippen molar-refractivity contribution in [1.29, 1.82) is 5.26 Å². The van der Waals surface area contributed by atoms with E-state index in [-0.39, 0.29) is 12.3 Å². The number of carbonyl (C=O) groups excluding carboxylic acids is 1. The summed E-state index contributed by atoms with van der Waals surface area (Å²) in [7, 11) is 0. The van der Waals surface area contributed by atoms with Crippen LogP contribution in [0.1, 0.15) is 23.6 Å². The zero-order valence-corrected chi connectivity index (χ0v) is 14.1. The van der Waals surface area contributed by atoms with Gasteiger partial charge in [0.2, 0.25) is 5.91 Å². The molecule has 0 radical (unpaired) electrons. The van der Waals surface area contributed by atoms with Gasteiger partial charge in [-0.3, -0.25) is 4.79 Å². The summed E-state index contributed by atoms with van der Waals surface area (Å²) in [5.41, 5.74) is 1.68. The van der Waals surface area contributed by atoms with Crippen LogP contribution in [0.3, 0.4) is 0 Å². The zero-order valence-electron chi connectivity index (χ0n) is 11.7. The quantitative estimate of drug-likeness (QED) is 0.839. The van der Waals surface area contributed by atoms with E-state index in [2.05, 4.69) is 27.3 Å². The Kier molecular flexibility index (Phi) is 6.00. The first-order chi connectivity index (χ1) is 10.6. The lowest BCUT2D eigenvalue weighted by Crippen LogP contribution is -2.27. The van der Waals surface area contributed by atoms with Crippen molar-refractivity contribution in [2.45, 2.75) is 18.9 Å². The molecular formula is C17H14BrClN2O. The summed E-state index contributed by atoms with van der Waals surface area (Å²) >= 11 is 9.42. The molecule has 1 unspecified atom stereocenters. The molecule has 0 fully saturated rings. The van der Waals surface area contributed by atoms with Crippen LogP contribution in [-0.4, -0.2) is 5.91 Å². The van der Waals surface area contributed by atoms with Crippen molar-refractivity contribution in [1.82, 2.24) is 5.32 Å². The molecule has 0 aromatic heterocycles. The van der Waals surface area contributed by atoms with Crippen LogP contribution in [0.5, 0.6) is 0 Å². The van der Waals surface area contributed by atoms with Gasteiger partial charge < -0.3 is 5.32 Å². The lowest BCUT2D eigenvalue weighted by Gasteiger charge is -2.12. The fourth-order valence-corrected chi connectivity index (χ4v) is 2.71. The molecule has 2 aromatic rings. The van der Waals surface area contributed by atoms with Gasteiger partial charge >= 0.3 is 0 Å². The number of aryl methyl sites for hydroxylation is 1. The van der Waals surface area contributed by atoms with E-state index in [9.17, 15) is 10.1 Å². The number of amides is 1. The minimum atomic E-state index is -0.656. The molecule has 2 rings (SSSR count). The number of hydrogen-bond acceptors (Lipinski definition) is 2. The predicted molar refractivity (Wildman–Crippen MR) is 90.4 cm³/mol. The Morgan fingerprint density at radius 2 is 2.05 bits per heavy atom. The van der Waals surface area contributed by atoms with Gasteiger partial charge in [-0.2, -0.15) is 5.26 Å². The van der Waals surface area contributed by atoms with Gasteiger partial charge in [-0.15, -0.1) is 0 Å². The number of hydrogen-bond donors (Lipinski definition) is 1. The van der Waals surface area contributed by atoms with Crippen LogP contribution in [0.2, 0.25) is 5.02 Å². The van der Waals surface area contributed by atoms with Gasteiger partial charge in [0, 0.05) is 15.9 Å². The molecule has 3 nitrogen and oxygen atoms in total. The summed E-state index contributed by atoms with van der Waals surface area (Å²) in [6.45, 7) is 0. The van der Waals surface area contributed by atoms with Crippen molar-refractivity contribution >= 4 is 33.4 Å². The van der Waals surface area contributed by atoms with Crippen molar-refractivity contribution in [2.24, 2.45) is 0 Å². The molecule has 112 valence electrons. The maximum atomic E-state index is 12.0. The van der Waals surface area contributed by atoms with Crippen LogP contribution < -0.4 is 5.32 Å². The van der Waals surface area contributed by atoms with Crippen molar-refractivity contribution in [2.75, 3.05) is 0 Å². The fourth-order valence-electron chi connectivity index (χ4n) is 2.06. The maximum absolute atomic E-state index is 12.0. The maximum Gasteiger partial charge on any atom is 0.221 e. The monoisotopic (exact) mass is 376 g/mol. The zero-order chi connectivity index (χ0) is 15.9. The van der Waals surface area contributed by atoms with Gasteiger partial charge in [0.1, 0.15) is 6.04 Å². The minimum Gasteiger partial charge on any atom is -0.337 e. The molecule has 0 aliphatic carbocycles. The molecule has 1 amide bonds. The van der Waals surface area contributed by atoms with Gasteiger partial charge in [0.15, 0.2) is 0 Å². The fraction of sp³-hybridized carbons (Fsp3) is 0.176. The van der Waals surface area contributed by atoms with E-state index in [0.29, 0.717) is 11.4 Å². The largest absolute Gasteiger partial charge is 0.337 e. The lowest BCUT2D eigenvalue weighted by molar-refractivity contribution is -0.121. The summed E-state index contributed by atoms with van der Waals surface area (Å²) in [6, 6.07) is 16.2. The Morgan fingerprint density at radius 3 is 2.73 bits per heavy atom. The molecule has 1 atom stereocenters. The van der Waals surface area contributed by atoms with Crippen molar-refractivity contribution in [3.8, 4) is 6.07 Å². The number of rotatable bonds is 5. The smallest absolute Gasteiger partial charge is 0.221 e. The van der Waals surface area contributed by atoms with Gasteiger partial charge in [0.05, 0.1) is 6.07 Å². The lowest BCUT2D eigenvalue weighted by atomic mass is 10.1. The van der Waals surface area contributed by atoms with Crippen LogP contribution in [0, 0.1) is 11.3 Å². The summed E-state index contributed by atoms with van der Waals surface area (Å²) in [5, 5.41) is 12.6. The first kappa shape index (κ1) is 16.5. The van der Waals surface area contributed by atoms with E-state index in [4.69, 9.17) is 11.6 Å². The Morgan fingerprint density at radius 1 is 1.27 bits per heavy atom. The molecule has 0 aliphatic heterocycles. The molecule has 0 spiro atoms. The van der Waals surface area contributed by atoms with Crippen LogP contribution in [-0.2, 0) is 11.2 Å². The molecule has 2 aromatic carbocycles. The second-order valence-corrected chi connectivity index (χ2v) is 6.10. The number of nitriles is 1. The van der Waals surface area contributed by atoms with Crippen LogP contribution >= 0.6 is 27.5 Å². The van der Waals surface area contributed by atoms with Crippen molar-refractivity contribution < 1.29 is 4.79 Å². The average Bonchev–Trinajstić information content (AvgIpc) is 2.52. The van der Waals surface area contributed by atoms with Gasteiger partial charge in [-0.1, -0.05) is 57.9 Å². The number of carbonyl (C=O) groups is 1. The number of benzene rings is 2. The van der Waals surface area contributed by atoms with Crippen LogP contribution in [0.15, 0.2) is 53.0 Å². The average molecular weight is 378 g/mol. The Hall–Kier alpha value is -1.83. The molecule has 1 N–H and O–H groups in total. The first-order valence-electron chi connectivity index (χ1n) is 6.78. The third-order valence-corrected chi connectivity index (χ3v) is 4.06. The third kappa shape index (κ3) is 4.59. The third-order valence-electron chi connectivity index (χ3n) is 3.20. The second kappa shape index (κ2) is 7.98. The molecule has 0 bridgehead atoms. The van der Waals surface area contributed by atoms with E-state index >= 15 is 0 Å². The highest BCUT2D eigenvalue weighted by Gasteiger charge is 2.14. The Bertz CT molecular complexity index is 712. The second-order valence-electron chi connectivity index (χ2n) is 4.78. The van der Waals surface area contributed by atoms with Crippen LogP contribution in [0.4, 0.5) is 0 Å². The van der Waals surface area contributed by atoms with E-state index < -0.39 is 6.04 Å². The summed E-state index contributed by atoms with van der Waals surface area (Å²) in [4.78, 5) is 12.0. The van der Waals surface area contributed by atoms with Gasteiger partial charge in [-0.05, 0) is 35.7 Å². The molecule has 0 saturated heterocycles. The molecule has 5 heteroatoms. The first-order valence-corrected chi connectivity index (χ1v) is 7.95. The van der Waals surface area contributed by atoms with E-state index in [1.54, 1.807) is 6.07 Å². The Labute approximate surface area is 143 Å². The van der Waals surface area contributed by atoms with E-state index in [1.807, 2.05) is 42.5 Å². The van der Waals surface area contributed by atoms with E-state index in [0.717, 1.165) is 15.6 Å².